The molecule has 1 aromatic rings. The molecule has 114 valence electrons. The lowest BCUT2D eigenvalue weighted by Crippen LogP contribution is -2.43. The topological polar surface area (TPSA) is 70.2 Å². The zero-order valence-electron chi connectivity index (χ0n) is 12.6. The van der Waals surface area contributed by atoms with Gasteiger partial charge in [0.25, 0.3) is 5.91 Å². The standard InChI is InChI=1S/C16H23N3O2/c1-11-6-3-4-9-14(11)19-16(21)18-13-8-5-7-12(10-13)15(20)17-2/h5,7-8,10-11,14H,3-4,6,9H2,1-2H3,(H,17,20)(H2,18,19,21)/t11-,14-/m1/s1. The average molecular weight is 289 g/mol. The van der Waals surface area contributed by atoms with Crippen molar-refractivity contribution in [1.29, 1.82) is 0 Å². The normalized spacial score (nSPS) is 21.4. The number of urea groups is 1. The van der Waals surface area contributed by atoms with Crippen molar-refractivity contribution < 1.29 is 9.59 Å². The van der Waals surface area contributed by atoms with Crippen LogP contribution in [0.1, 0.15) is 43.0 Å². The average Bonchev–Trinajstić information content (AvgIpc) is 2.49. The molecule has 2 rings (SSSR count). The Hall–Kier alpha value is -2.04. The van der Waals surface area contributed by atoms with Crippen molar-refractivity contribution in [2.24, 2.45) is 5.92 Å². The molecule has 0 heterocycles. The molecule has 3 N–H and O–H groups in total. The summed E-state index contributed by atoms with van der Waals surface area (Å²) >= 11 is 0. The highest BCUT2D eigenvalue weighted by Gasteiger charge is 2.22. The third-order valence-electron chi connectivity index (χ3n) is 4.04. The van der Waals surface area contributed by atoms with Crippen LogP contribution in [0.4, 0.5) is 10.5 Å². The largest absolute Gasteiger partial charge is 0.355 e. The molecular formula is C16H23N3O2. The molecule has 0 unspecified atom stereocenters. The van der Waals surface area contributed by atoms with Crippen LogP contribution in [0.2, 0.25) is 0 Å². The van der Waals surface area contributed by atoms with Gasteiger partial charge in [0.1, 0.15) is 0 Å². The minimum absolute atomic E-state index is 0.167. The lowest BCUT2D eigenvalue weighted by molar-refractivity contribution is 0.0963. The summed E-state index contributed by atoms with van der Waals surface area (Å²) < 4.78 is 0. The van der Waals surface area contributed by atoms with Gasteiger partial charge in [0.2, 0.25) is 0 Å². The lowest BCUT2D eigenvalue weighted by Gasteiger charge is -2.29. The Morgan fingerprint density at radius 1 is 1.19 bits per heavy atom. The van der Waals surface area contributed by atoms with E-state index in [-0.39, 0.29) is 18.0 Å². The molecule has 21 heavy (non-hydrogen) atoms. The summed E-state index contributed by atoms with van der Waals surface area (Å²) in [5, 5.41) is 8.39. The molecule has 0 saturated heterocycles. The fourth-order valence-corrected chi connectivity index (χ4v) is 2.75. The minimum atomic E-state index is -0.206. The van der Waals surface area contributed by atoms with Gasteiger partial charge in [-0.2, -0.15) is 0 Å². The number of rotatable bonds is 3. The number of nitrogens with one attached hydrogen (secondary N) is 3. The first kappa shape index (κ1) is 15.4. The molecule has 5 heteroatoms. The number of carbonyl (C=O) groups excluding carboxylic acids is 2. The lowest BCUT2D eigenvalue weighted by atomic mass is 9.86. The number of amides is 3. The van der Waals surface area contributed by atoms with E-state index in [4.69, 9.17) is 0 Å². The highest BCUT2D eigenvalue weighted by molar-refractivity contribution is 5.96. The Morgan fingerprint density at radius 2 is 1.95 bits per heavy atom. The fourth-order valence-electron chi connectivity index (χ4n) is 2.75. The molecule has 1 fully saturated rings. The van der Waals surface area contributed by atoms with Crippen LogP contribution in [0.5, 0.6) is 0 Å². The van der Waals surface area contributed by atoms with Crippen molar-refractivity contribution in [2.45, 2.75) is 38.6 Å². The van der Waals surface area contributed by atoms with Gasteiger partial charge in [0.05, 0.1) is 0 Å². The fraction of sp³-hybridized carbons (Fsp3) is 0.500. The number of carbonyl (C=O) groups is 2. The van der Waals surface area contributed by atoms with Crippen LogP contribution in [0, 0.1) is 5.92 Å². The third-order valence-corrected chi connectivity index (χ3v) is 4.04. The van der Waals surface area contributed by atoms with Crippen LogP contribution in [0.3, 0.4) is 0 Å². The maximum Gasteiger partial charge on any atom is 0.319 e. The highest BCUT2D eigenvalue weighted by Crippen LogP contribution is 2.23. The molecule has 1 saturated carbocycles. The van der Waals surface area contributed by atoms with E-state index in [1.165, 1.54) is 12.8 Å². The summed E-state index contributed by atoms with van der Waals surface area (Å²) in [5.41, 5.74) is 1.15. The first-order chi connectivity index (χ1) is 10.1. The van der Waals surface area contributed by atoms with Gasteiger partial charge in [-0.3, -0.25) is 4.79 Å². The molecule has 0 aliphatic heterocycles. The molecular weight excluding hydrogens is 266 g/mol. The predicted molar refractivity (Wildman–Crippen MR) is 83.4 cm³/mol. The Kier molecular flexibility index (Phi) is 5.20. The molecule has 0 aromatic heterocycles. The van der Waals surface area contributed by atoms with Crippen molar-refractivity contribution in [3.63, 3.8) is 0 Å². The zero-order valence-corrected chi connectivity index (χ0v) is 12.6. The summed E-state index contributed by atoms with van der Waals surface area (Å²) in [6.45, 7) is 2.18. The smallest absolute Gasteiger partial charge is 0.319 e. The van der Waals surface area contributed by atoms with Crippen LogP contribution >= 0.6 is 0 Å². The molecule has 2 atom stereocenters. The summed E-state index contributed by atoms with van der Waals surface area (Å²) in [7, 11) is 1.58. The maximum atomic E-state index is 12.1. The van der Waals surface area contributed by atoms with Gasteiger partial charge in [-0.15, -0.1) is 0 Å². The number of hydrogen-bond donors (Lipinski definition) is 3. The van der Waals surface area contributed by atoms with E-state index in [0.29, 0.717) is 17.2 Å². The van der Waals surface area contributed by atoms with Gasteiger partial charge in [-0.1, -0.05) is 25.8 Å². The Bertz CT molecular complexity index is 516. The summed E-state index contributed by atoms with van der Waals surface area (Å²) in [5.74, 6) is 0.349. The van der Waals surface area contributed by atoms with Crippen LogP contribution < -0.4 is 16.0 Å². The SMILES string of the molecule is CNC(=O)c1cccc(NC(=O)N[C@@H]2CCCC[C@H]2C)c1. The third kappa shape index (κ3) is 4.21. The molecule has 5 nitrogen and oxygen atoms in total. The summed E-state index contributed by atoms with van der Waals surface area (Å²) in [6, 6.07) is 6.94. The van der Waals surface area contributed by atoms with Crippen molar-refractivity contribution in [3.05, 3.63) is 29.8 Å². The Balaban J connectivity index is 1.94. The van der Waals surface area contributed by atoms with Crippen molar-refractivity contribution in [3.8, 4) is 0 Å². The molecule has 0 spiro atoms. The summed E-state index contributed by atoms with van der Waals surface area (Å²) in [4.78, 5) is 23.6. The number of benzene rings is 1. The van der Waals surface area contributed by atoms with Gasteiger partial charge in [0.15, 0.2) is 0 Å². The second kappa shape index (κ2) is 7.11. The van der Waals surface area contributed by atoms with Crippen LogP contribution in [-0.2, 0) is 0 Å². The monoisotopic (exact) mass is 289 g/mol. The predicted octanol–water partition coefficient (Wildman–Crippen LogP) is 2.75. The van der Waals surface area contributed by atoms with Gasteiger partial charge < -0.3 is 16.0 Å². The van der Waals surface area contributed by atoms with E-state index in [2.05, 4.69) is 22.9 Å². The van der Waals surface area contributed by atoms with E-state index >= 15 is 0 Å². The first-order valence-electron chi connectivity index (χ1n) is 7.50. The maximum absolute atomic E-state index is 12.1. The van der Waals surface area contributed by atoms with Gasteiger partial charge in [-0.25, -0.2) is 4.79 Å². The molecule has 0 bridgehead atoms. The van der Waals surface area contributed by atoms with Crippen molar-refractivity contribution in [1.82, 2.24) is 10.6 Å². The van der Waals surface area contributed by atoms with Crippen LogP contribution in [0.25, 0.3) is 0 Å². The molecule has 0 radical (unpaired) electrons. The van der Waals surface area contributed by atoms with E-state index in [0.717, 1.165) is 12.8 Å². The van der Waals surface area contributed by atoms with Crippen molar-refractivity contribution in [2.75, 3.05) is 12.4 Å². The quantitative estimate of drug-likeness (QED) is 0.800. The molecule has 1 aliphatic rings. The van der Waals surface area contributed by atoms with Gasteiger partial charge >= 0.3 is 6.03 Å². The number of anilines is 1. The van der Waals surface area contributed by atoms with Crippen LogP contribution in [-0.4, -0.2) is 25.0 Å². The second-order valence-corrected chi connectivity index (χ2v) is 5.63. The first-order valence-corrected chi connectivity index (χ1v) is 7.50. The summed E-state index contributed by atoms with van der Waals surface area (Å²) in [6.07, 6.45) is 4.61. The highest BCUT2D eigenvalue weighted by atomic mass is 16.2. The Morgan fingerprint density at radius 3 is 2.67 bits per heavy atom. The molecule has 1 aromatic carbocycles. The van der Waals surface area contributed by atoms with E-state index in [9.17, 15) is 9.59 Å². The van der Waals surface area contributed by atoms with E-state index < -0.39 is 0 Å². The second-order valence-electron chi connectivity index (χ2n) is 5.63. The van der Waals surface area contributed by atoms with Crippen LogP contribution in [0.15, 0.2) is 24.3 Å². The van der Waals surface area contributed by atoms with E-state index in [1.807, 2.05) is 0 Å². The van der Waals surface area contributed by atoms with Gasteiger partial charge in [0, 0.05) is 24.3 Å². The molecule has 3 amide bonds. The van der Waals surface area contributed by atoms with E-state index in [1.54, 1.807) is 31.3 Å². The molecule has 1 aliphatic carbocycles. The van der Waals surface area contributed by atoms with Gasteiger partial charge in [-0.05, 0) is 37.0 Å². The number of hydrogen-bond acceptors (Lipinski definition) is 2. The zero-order chi connectivity index (χ0) is 15.2. The minimum Gasteiger partial charge on any atom is -0.355 e. The Labute approximate surface area is 125 Å². The van der Waals surface area contributed by atoms with Crippen molar-refractivity contribution >= 4 is 17.6 Å².